The topological polar surface area (TPSA) is 171 Å². The van der Waals surface area contributed by atoms with Crippen LogP contribution in [0.25, 0.3) is 10.9 Å². The zero-order valence-electron chi connectivity index (χ0n) is 22.3. The fraction of sp³-hybridized carbons (Fsp3) is 0.345. The first kappa shape index (κ1) is 30.9. The number of fused-ring (bicyclic) bond motifs is 1. The molecule has 3 rings (SSSR count). The summed E-state index contributed by atoms with van der Waals surface area (Å²) in [5.41, 5.74) is 7.82. The van der Waals surface area contributed by atoms with Crippen LogP contribution in [0.1, 0.15) is 39.2 Å². The van der Waals surface area contributed by atoms with Crippen LogP contribution in [-0.2, 0) is 30.4 Å². The van der Waals surface area contributed by atoms with Crippen LogP contribution in [0, 0.1) is 11.8 Å². The van der Waals surface area contributed by atoms with Crippen LogP contribution >= 0.6 is 0 Å². The molecule has 10 heteroatoms. The lowest BCUT2D eigenvalue weighted by Crippen LogP contribution is -2.56. The fourth-order valence-electron chi connectivity index (χ4n) is 4.08. The van der Waals surface area contributed by atoms with Gasteiger partial charge in [-0.25, -0.2) is 0 Å². The number of carbonyl (C=O) groups is 5. The van der Waals surface area contributed by atoms with E-state index in [0.717, 1.165) is 0 Å². The molecule has 0 saturated heterocycles. The summed E-state index contributed by atoms with van der Waals surface area (Å²) in [6, 6.07) is 16.2. The van der Waals surface area contributed by atoms with Gasteiger partial charge in [-0.2, -0.15) is 0 Å². The van der Waals surface area contributed by atoms with Crippen LogP contribution in [0.15, 0.2) is 66.9 Å². The van der Waals surface area contributed by atoms with E-state index in [0.29, 0.717) is 5.56 Å². The van der Waals surface area contributed by atoms with Crippen molar-refractivity contribution in [1.82, 2.24) is 15.6 Å². The van der Waals surface area contributed by atoms with Crippen LogP contribution in [0.2, 0.25) is 0 Å². The predicted octanol–water partition coefficient (Wildman–Crippen LogP) is 2.58. The van der Waals surface area contributed by atoms with Gasteiger partial charge in [0.25, 0.3) is 0 Å². The van der Waals surface area contributed by atoms with Gasteiger partial charge in [0, 0.05) is 24.1 Å². The largest absolute Gasteiger partial charge is 0.481 e. The number of aromatic amines is 1. The highest BCUT2D eigenvalue weighted by Crippen LogP contribution is 2.18. The molecule has 1 unspecified atom stereocenters. The Balaban J connectivity index is 0.000000489. The maximum Gasteiger partial charge on any atom is 0.305 e. The van der Waals surface area contributed by atoms with Gasteiger partial charge in [0.05, 0.1) is 18.9 Å². The molecule has 0 saturated carbocycles. The van der Waals surface area contributed by atoms with E-state index in [-0.39, 0.29) is 24.5 Å². The Morgan fingerprint density at radius 2 is 1.56 bits per heavy atom. The minimum absolute atomic E-state index is 0.0831. The number of para-hydroxylation sites is 1. The van der Waals surface area contributed by atoms with Crippen molar-refractivity contribution in [3.8, 4) is 0 Å². The normalized spacial score (nSPS) is 12.9. The number of hydrogen-bond donors (Lipinski definition) is 5. The molecule has 1 aromatic heterocycles. The number of carboxylic acid groups (broad SMARTS) is 1. The maximum absolute atomic E-state index is 12.5. The van der Waals surface area contributed by atoms with E-state index in [9.17, 15) is 24.0 Å². The first-order valence-electron chi connectivity index (χ1n) is 12.7. The van der Waals surface area contributed by atoms with Crippen molar-refractivity contribution >= 4 is 40.4 Å². The Morgan fingerprint density at radius 1 is 0.923 bits per heavy atom. The Kier molecular flexibility index (Phi) is 12.0. The van der Waals surface area contributed by atoms with Crippen molar-refractivity contribution in [3.05, 3.63) is 72.4 Å². The van der Waals surface area contributed by atoms with E-state index in [4.69, 9.17) is 10.8 Å². The Labute approximate surface area is 227 Å². The third kappa shape index (κ3) is 9.82. The van der Waals surface area contributed by atoms with Crippen LogP contribution < -0.4 is 16.4 Å². The fourth-order valence-corrected chi connectivity index (χ4v) is 4.08. The Morgan fingerprint density at radius 3 is 2.15 bits per heavy atom. The minimum atomic E-state index is -1.51. The minimum Gasteiger partial charge on any atom is -0.481 e. The van der Waals surface area contributed by atoms with Gasteiger partial charge in [-0.05, 0) is 29.0 Å². The number of carbonyl (C=O) groups excluding carboxylic acids is 4. The van der Waals surface area contributed by atoms with Crippen LogP contribution in [-0.4, -0.2) is 51.6 Å². The first-order chi connectivity index (χ1) is 18.5. The molecule has 10 nitrogen and oxygen atoms in total. The van der Waals surface area contributed by atoms with Crippen molar-refractivity contribution in [1.29, 1.82) is 0 Å². The monoisotopic (exact) mass is 536 g/mol. The molecular weight excluding hydrogens is 500 g/mol. The van der Waals surface area contributed by atoms with E-state index >= 15 is 0 Å². The van der Waals surface area contributed by atoms with Gasteiger partial charge < -0.3 is 21.1 Å². The zero-order valence-corrected chi connectivity index (χ0v) is 22.3. The van der Waals surface area contributed by atoms with Crippen molar-refractivity contribution in [2.24, 2.45) is 17.6 Å². The molecule has 0 bridgehead atoms. The highest BCUT2D eigenvalue weighted by Gasteiger charge is 2.34. The maximum atomic E-state index is 12.5. The molecule has 1 heterocycles. The number of hydrogen-bond acceptors (Lipinski definition) is 6. The summed E-state index contributed by atoms with van der Waals surface area (Å²) in [6.07, 6.45) is 1.32. The number of imide groups is 1. The summed E-state index contributed by atoms with van der Waals surface area (Å²) < 4.78 is 0. The molecule has 208 valence electrons. The summed E-state index contributed by atoms with van der Waals surface area (Å²) in [4.78, 5) is 63.4. The van der Waals surface area contributed by atoms with Crippen molar-refractivity contribution < 1.29 is 29.1 Å². The van der Waals surface area contributed by atoms with Gasteiger partial charge in [-0.3, -0.25) is 29.3 Å². The number of benzene rings is 2. The Hall–Kier alpha value is -4.31. The molecule has 0 fully saturated rings. The van der Waals surface area contributed by atoms with E-state index < -0.39 is 48.1 Å². The lowest BCUT2D eigenvalue weighted by molar-refractivity contribution is -0.142. The molecule has 39 heavy (non-hydrogen) atoms. The number of carboxylic acids is 1. The number of H-pyrrole nitrogens is 1. The van der Waals surface area contributed by atoms with Gasteiger partial charge in [0.2, 0.25) is 17.7 Å². The highest BCUT2D eigenvalue weighted by atomic mass is 16.4. The number of rotatable bonds is 11. The molecule has 6 N–H and O–H groups in total. The molecule has 0 aliphatic rings. The van der Waals surface area contributed by atoms with Crippen LogP contribution in [0.3, 0.4) is 0 Å². The van der Waals surface area contributed by atoms with Crippen molar-refractivity contribution in [2.45, 2.75) is 52.1 Å². The summed E-state index contributed by atoms with van der Waals surface area (Å²) >= 11 is 0. The van der Waals surface area contributed by atoms with Gasteiger partial charge >= 0.3 is 5.97 Å². The lowest BCUT2D eigenvalue weighted by atomic mass is 9.83. The molecular formula is C29H36N4O6. The van der Waals surface area contributed by atoms with Gasteiger partial charge in [-0.15, -0.1) is 0 Å². The molecule has 3 atom stereocenters. The quantitative estimate of drug-likeness (QED) is 0.251. The molecule has 0 aliphatic heterocycles. The van der Waals surface area contributed by atoms with E-state index in [1.807, 2.05) is 18.3 Å². The molecule has 0 spiro atoms. The first-order valence-corrected chi connectivity index (χ1v) is 12.7. The van der Waals surface area contributed by atoms with Crippen molar-refractivity contribution in [2.75, 3.05) is 0 Å². The Bertz CT molecular complexity index is 1240. The number of ketones is 1. The number of aliphatic carboxylic acids is 1. The second-order valence-corrected chi connectivity index (χ2v) is 9.41. The predicted molar refractivity (Wildman–Crippen MR) is 147 cm³/mol. The van der Waals surface area contributed by atoms with Gasteiger partial charge in [-0.1, -0.05) is 69.3 Å². The highest BCUT2D eigenvalue weighted by molar-refractivity contribution is 6.02. The van der Waals surface area contributed by atoms with Gasteiger partial charge in [0.1, 0.15) is 11.8 Å². The average Bonchev–Trinajstić information content (AvgIpc) is 3.37. The van der Waals surface area contributed by atoms with Crippen LogP contribution in [0.4, 0.5) is 0 Å². The molecule has 0 aliphatic carbocycles. The third-order valence-electron chi connectivity index (χ3n) is 6.07. The second kappa shape index (κ2) is 15.2. The standard InChI is InChI=1S/C21H29N3O6.C8H7N/c1-4-15(25)18(12(2)3)19(22)21(30)23-14(11-17(27)28)20(29)24-16(26)10-13-8-6-5-7-9-13;1-2-4-8-7(3-1)5-6-9-8/h5-9,12,14,18-19H,4,10-11,22H2,1-3H3,(H,23,30)(H,27,28)(H,24,26,29);1-6,9H/t14-,18?,19-;/m0./s1. The van der Waals surface area contributed by atoms with Crippen molar-refractivity contribution in [3.63, 3.8) is 0 Å². The smallest absolute Gasteiger partial charge is 0.305 e. The number of amides is 3. The number of Topliss-reactive ketones (excluding diaryl/α,β-unsaturated/α-hetero) is 1. The van der Waals surface area contributed by atoms with E-state index in [1.54, 1.807) is 51.1 Å². The summed E-state index contributed by atoms with van der Waals surface area (Å²) in [7, 11) is 0. The van der Waals surface area contributed by atoms with Crippen LogP contribution in [0.5, 0.6) is 0 Å². The SMILES string of the molecule is CCC(=O)C(C(C)C)[C@H](N)C(=O)N[C@@H](CC(=O)O)C(=O)NC(=O)Cc1ccccc1.c1ccc2[nH]ccc2c1. The zero-order chi connectivity index (χ0) is 28.9. The number of nitrogens with two attached hydrogens (primary N) is 1. The van der Waals surface area contributed by atoms with E-state index in [1.165, 1.54) is 10.9 Å². The summed E-state index contributed by atoms with van der Waals surface area (Å²) in [5.74, 6) is -4.97. The average molecular weight is 537 g/mol. The third-order valence-corrected chi connectivity index (χ3v) is 6.07. The molecule has 3 aromatic rings. The molecule has 0 radical (unpaired) electrons. The molecule has 3 amide bonds. The van der Waals surface area contributed by atoms with E-state index in [2.05, 4.69) is 33.8 Å². The number of aromatic nitrogens is 1. The second-order valence-electron chi connectivity index (χ2n) is 9.41. The summed E-state index contributed by atoms with van der Waals surface area (Å²) in [6.45, 7) is 5.14. The summed E-state index contributed by atoms with van der Waals surface area (Å²) in [5, 5.41) is 14.7. The number of nitrogens with one attached hydrogen (secondary N) is 3. The molecule has 2 aromatic carbocycles. The van der Waals surface area contributed by atoms with Gasteiger partial charge in [0.15, 0.2) is 0 Å². The lowest BCUT2D eigenvalue weighted by Gasteiger charge is -2.26.